The van der Waals surface area contributed by atoms with Crippen molar-refractivity contribution < 1.29 is 5.21 Å². The van der Waals surface area contributed by atoms with Crippen LogP contribution in [0.15, 0.2) is 23.4 Å². The van der Waals surface area contributed by atoms with E-state index in [0.29, 0.717) is 0 Å². The minimum Gasteiger partial charge on any atom is -0.411 e. The smallest absolute Gasteiger partial charge is 0.103 e. The van der Waals surface area contributed by atoms with Gasteiger partial charge in [0.25, 0.3) is 0 Å². The predicted octanol–water partition coefficient (Wildman–Crippen LogP) is 3.29. The van der Waals surface area contributed by atoms with E-state index in [1.165, 1.54) is 14.5 Å². The van der Waals surface area contributed by atoms with E-state index >= 15 is 0 Å². The van der Waals surface area contributed by atoms with Gasteiger partial charge in [0.1, 0.15) is 5.71 Å². The lowest BCUT2D eigenvalue weighted by atomic mass is 9.94. The summed E-state index contributed by atoms with van der Waals surface area (Å²) in [6.45, 7) is 0. The van der Waals surface area contributed by atoms with E-state index in [2.05, 4.69) is 50.9 Å². The average Bonchev–Trinajstić information content (AvgIpc) is 2.67. The van der Waals surface area contributed by atoms with Crippen LogP contribution in [0.3, 0.4) is 0 Å². The molecule has 0 amide bonds. The summed E-state index contributed by atoms with van der Waals surface area (Å²) >= 11 is 2.32. The van der Waals surface area contributed by atoms with Crippen molar-refractivity contribution in [2.45, 2.75) is 19.3 Å². The van der Waals surface area contributed by atoms with Gasteiger partial charge in [0.05, 0.1) is 5.69 Å². The molecule has 0 saturated carbocycles. The molecule has 16 heavy (non-hydrogen) atoms. The van der Waals surface area contributed by atoms with Crippen molar-refractivity contribution in [2.24, 2.45) is 5.16 Å². The summed E-state index contributed by atoms with van der Waals surface area (Å²) < 4.78 is 1.24. The van der Waals surface area contributed by atoms with Crippen LogP contribution in [0.5, 0.6) is 0 Å². The Balaban J connectivity index is 2.33. The Morgan fingerprint density at radius 1 is 1.31 bits per heavy atom. The number of nitrogens with zero attached hydrogens (tertiary/aromatic N) is 1. The van der Waals surface area contributed by atoms with Crippen LogP contribution in [0.2, 0.25) is 0 Å². The van der Waals surface area contributed by atoms with Crippen LogP contribution in [-0.4, -0.2) is 15.9 Å². The first-order chi connectivity index (χ1) is 7.79. The van der Waals surface area contributed by atoms with Gasteiger partial charge in [-0.05, 0) is 65.6 Å². The summed E-state index contributed by atoms with van der Waals surface area (Å²) in [5.74, 6) is 0. The highest BCUT2D eigenvalue weighted by atomic mass is 127. The summed E-state index contributed by atoms with van der Waals surface area (Å²) in [6, 6.07) is 6.36. The number of hydrogen-bond acceptors (Lipinski definition) is 2. The van der Waals surface area contributed by atoms with Gasteiger partial charge in [-0.1, -0.05) is 5.16 Å². The molecule has 2 aromatic rings. The topological polar surface area (TPSA) is 48.4 Å². The molecule has 0 radical (unpaired) electrons. The Morgan fingerprint density at radius 2 is 2.19 bits per heavy atom. The average molecular weight is 326 g/mol. The molecule has 2 N–H and O–H groups in total. The molecule has 1 heterocycles. The number of halogens is 1. The lowest BCUT2D eigenvalue weighted by molar-refractivity contribution is 0.317. The first-order valence-electron chi connectivity index (χ1n) is 5.31. The number of aromatic nitrogens is 1. The number of rotatable bonds is 0. The number of hydrogen-bond donors (Lipinski definition) is 2. The van der Waals surface area contributed by atoms with E-state index < -0.39 is 0 Å². The number of aromatic amines is 1. The van der Waals surface area contributed by atoms with E-state index in [4.69, 9.17) is 5.21 Å². The van der Waals surface area contributed by atoms with Crippen molar-refractivity contribution in [3.63, 3.8) is 0 Å². The van der Waals surface area contributed by atoms with Crippen LogP contribution in [0.25, 0.3) is 10.9 Å². The fourth-order valence-electron chi connectivity index (χ4n) is 2.38. The van der Waals surface area contributed by atoms with E-state index in [1.807, 2.05) is 0 Å². The minimum absolute atomic E-state index is 0.785. The maximum atomic E-state index is 8.98. The fourth-order valence-corrected chi connectivity index (χ4v) is 2.87. The number of aryl methyl sites for hydroxylation is 1. The van der Waals surface area contributed by atoms with Crippen molar-refractivity contribution in [2.75, 3.05) is 0 Å². The molecule has 0 atom stereocenters. The van der Waals surface area contributed by atoms with Crippen LogP contribution >= 0.6 is 22.6 Å². The number of oxime groups is 1. The van der Waals surface area contributed by atoms with Gasteiger partial charge < -0.3 is 10.2 Å². The summed E-state index contributed by atoms with van der Waals surface area (Å²) in [7, 11) is 0. The molecule has 1 aromatic heterocycles. The normalized spacial score (nSPS) is 17.9. The lowest BCUT2D eigenvalue weighted by Crippen LogP contribution is -2.10. The Hall–Kier alpha value is -1.04. The molecular formula is C12H11IN2O. The second-order valence-corrected chi connectivity index (χ2v) is 5.31. The highest BCUT2D eigenvalue weighted by molar-refractivity contribution is 14.1. The van der Waals surface area contributed by atoms with Gasteiger partial charge in [0.2, 0.25) is 0 Å². The third-order valence-corrected chi connectivity index (χ3v) is 3.79. The van der Waals surface area contributed by atoms with Crippen molar-refractivity contribution >= 4 is 39.2 Å². The number of fused-ring (bicyclic) bond motifs is 3. The van der Waals surface area contributed by atoms with Gasteiger partial charge in [-0.3, -0.25) is 0 Å². The van der Waals surface area contributed by atoms with Gasteiger partial charge >= 0.3 is 0 Å². The molecule has 1 aromatic carbocycles. The second-order valence-electron chi connectivity index (χ2n) is 4.07. The maximum absolute atomic E-state index is 8.98. The molecule has 3 rings (SSSR count). The van der Waals surface area contributed by atoms with Gasteiger partial charge in [-0.15, -0.1) is 0 Å². The van der Waals surface area contributed by atoms with Crippen LogP contribution in [0.1, 0.15) is 24.1 Å². The van der Waals surface area contributed by atoms with Crippen molar-refractivity contribution in [3.05, 3.63) is 33.0 Å². The summed E-state index contributed by atoms with van der Waals surface area (Å²) in [4.78, 5) is 3.35. The molecule has 0 unspecified atom stereocenters. The molecule has 4 heteroatoms. The van der Waals surface area contributed by atoms with Crippen molar-refractivity contribution in [1.29, 1.82) is 0 Å². The lowest BCUT2D eigenvalue weighted by Gasteiger charge is -2.12. The van der Waals surface area contributed by atoms with Crippen molar-refractivity contribution in [3.8, 4) is 0 Å². The molecule has 82 valence electrons. The highest BCUT2D eigenvalue weighted by Crippen LogP contribution is 2.30. The highest BCUT2D eigenvalue weighted by Gasteiger charge is 2.20. The zero-order valence-corrected chi connectivity index (χ0v) is 10.8. The van der Waals surface area contributed by atoms with Crippen LogP contribution < -0.4 is 0 Å². The third kappa shape index (κ3) is 1.43. The molecule has 0 saturated heterocycles. The van der Waals surface area contributed by atoms with Crippen LogP contribution in [-0.2, 0) is 6.42 Å². The Morgan fingerprint density at radius 3 is 3.00 bits per heavy atom. The predicted molar refractivity (Wildman–Crippen MR) is 72.3 cm³/mol. The van der Waals surface area contributed by atoms with E-state index in [9.17, 15) is 0 Å². The molecule has 1 aliphatic rings. The van der Waals surface area contributed by atoms with Crippen molar-refractivity contribution in [1.82, 2.24) is 4.98 Å². The monoisotopic (exact) mass is 326 g/mol. The zero-order chi connectivity index (χ0) is 11.1. The number of benzene rings is 1. The van der Waals surface area contributed by atoms with Crippen LogP contribution in [0.4, 0.5) is 0 Å². The zero-order valence-electron chi connectivity index (χ0n) is 8.63. The van der Waals surface area contributed by atoms with E-state index in [1.54, 1.807) is 0 Å². The molecular weight excluding hydrogens is 315 g/mol. The standard InChI is InChI=1S/C12H11IN2O/c13-7-4-5-10-9(6-7)8-2-1-3-11(15-16)12(8)14-10/h4-6,14,16H,1-3H2/b15-11+. The summed E-state index contributed by atoms with van der Waals surface area (Å²) in [5.41, 5.74) is 4.24. The SMILES string of the molecule is O/N=C1\CCCc2c1[nH]c1ccc(I)cc21. The second kappa shape index (κ2) is 3.76. The Labute approximate surface area is 107 Å². The molecule has 0 fully saturated rings. The van der Waals surface area contributed by atoms with Gasteiger partial charge in [0, 0.05) is 14.5 Å². The van der Waals surface area contributed by atoms with E-state index in [-0.39, 0.29) is 0 Å². The largest absolute Gasteiger partial charge is 0.411 e. The van der Waals surface area contributed by atoms with E-state index in [0.717, 1.165) is 36.2 Å². The number of nitrogens with one attached hydrogen (secondary N) is 1. The van der Waals surface area contributed by atoms with Crippen LogP contribution in [0, 0.1) is 3.57 Å². The van der Waals surface area contributed by atoms with Gasteiger partial charge in [0.15, 0.2) is 0 Å². The fraction of sp³-hybridized carbons (Fsp3) is 0.250. The quantitative estimate of drug-likeness (QED) is 0.436. The third-order valence-electron chi connectivity index (χ3n) is 3.12. The Bertz CT molecular complexity index is 586. The molecule has 3 nitrogen and oxygen atoms in total. The summed E-state index contributed by atoms with van der Waals surface area (Å²) in [6.07, 6.45) is 2.98. The van der Waals surface area contributed by atoms with Gasteiger partial charge in [-0.2, -0.15) is 0 Å². The molecule has 0 bridgehead atoms. The number of H-pyrrole nitrogens is 1. The molecule has 1 aliphatic carbocycles. The summed E-state index contributed by atoms with van der Waals surface area (Å²) in [5, 5.41) is 13.6. The first kappa shape index (κ1) is 10.1. The maximum Gasteiger partial charge on any atom is 0.103 e. The minimum atomic E-state index is 0.785. The first-order valence-corrected chi connectivity index (χ1v) is 6.39. The Kier molecular flexibility index (Phi) is 2.38. The van der Waals surface area contributed by atoms with Gasteiger partial charge in [-0.25, -0.2) is 0 Å². The molecule has 0 aliphatic heterocycles. The molecule has 0 spiro atoms.